The topological polar surface area (TPSA) is 41.8 Å². The first kappa shape index (κ1) is 9.00. The van der Waals surface area contributed by atoms with Crippen molar-refractivity contribution < 1.29 is 57.2 Å². The van der Waals surface area contributed by atoms with Crippen molar-refractivity contribution in [1.29, 1.82) is 0 Å². The van der Waals surface area contributed by atoms with Gasteiger partial charge in [0.05, 0.1) is 0 Å². The molecule has 0 bridgehead atoms. The Hall–Kier alpha value is 0.996. The molecule has 40 valence electrons. The van der Waals surface area contributed by atoms with Crippen LogP contribution < -0.4 is 51.4 Å². The van der Waals surface area contributed by atoms with E-state index < -0.39 is 0 Å². The molecule has 3 nitrogen and oxygen atoms in total. The van der Waals surface area contributed by atoms with Crippen LogP contribution >= 0.6 is 12.2 Å². The van der Waals surface area contributed by atoms with Gasteiger partial charge in [0.2, 0.25) is 5.89 Å². The molecule has 1 rings (SSSR count). The molecule has 1 heterocycles. The second-order valence-electron chi connectivity index (χ2n) is 1.13. The van der Waals surface area contributed by atoms with Crippen molar-refractivity contribution in [3.8, 4) is 0 Å². The molecule has 0 amide bonds. The van der Waals surface area contributed by atoms with Crippen LogP contribution in [0.25, 0.3) is 0 Å². The first-order valence-corrected chi connectivity index (χ1v) is 2.22. The van der Waals surface area contributed by atoms with Crippen LogP contribution in [-0.2, 0) is 0 Å². The molecule has 0 radical (unpaired) electrons. The zero-order chi connectivity index (χ0) is 5.28. The van der Waals surface area contributed by atoms with E-state index in [2.05, 4.69) is 22.4 Å². The summed E-state index contributed by atoms with van der Waals surface area (Å²) in [6.45, 7) is 1.73. The molecule has 0 spiro atoms. The number of hydrogen-bond acceptors (Lipinski definition) is 3. The van der Waals surface area contributed by atoms with Crippen molar-refractivity contribution in [2.45, 2.75) is 6.92 Å². The summed E-state index contributed by atoms with van der Waals surface area (Å²) in [4.78, 5) is 0.331. The van der Waals surface area contributed by atoms with E-state index in [0.29, 0.717) is 10.7 Å². The number of nitrogens with zero attached hydrogens (tertiary/aromatic N) is 1. The Balaban J connectivity index is 0. The number of rotatable bonds is 0. The van der Waals surface area contributed by atoms with E-state index in [9.17, 15) is 0 Å². The van der Waals surface area contributed by atoms with E-state index in [1.54, 1.807) is 6.92 Å². The fourth-order valence-electron chi connectivity index (χ4n) is 0.304. The van der Waals surface area contributed by atoms with Crippen LogP contribution in [0.3, 0.4) is 0 Å². The molecule has 5 heteroatoms. The number of aromatic amines is 1. The van der Waals surface area contributed by atoms with Crippen molar-refractivity contribution >= 4 is 12.2 Å². The number of hydrogen-bond donors (Lipinski definition) is 1. The molecule has 0 saturated carbocycles. The molecule has 1 N–H and O–H groups in total. The van der Waals surface area contributed by atoms with Gasteiger partial charge in [-0.2, -0.15) is 0 Å². The van der Waals surface area contributed by atoms with E-state index >= 15 is 0 Å². The van der Waals surface area contributed by atoms with E-state index in [0.717, 1.165) is 0 Å². The average molecular weight is 156 g/mol. The molecule has 8 heavy (non-hydrogen) atoms. The van der Waals surface area contributed by atoms with Gasteiger partial charge in [-0.25, -0.2) is 5.10 Å². The molecule has 1 aromatic rings. The second-order valence-corrected chi connectivity index (χ2v) is 1.50. The van der Waals surface area contributed by atoms with Gasteiger partial charge in [0, 0.05) is 6.92 Å². The quantitative estimate of drug-likeness (QED) is 0.354. The SMILES string of the molecule is Cc1n[nH]c(=S)o1.[H-].[K+]. The normalized spacial score (nSPS) is 8.12. The molecular formula is C3H5KN2OS. The Morgan fingerprint density at radius 3 is 2.62 bits per heavy atom. The van der Waals surface area contributed by atoms with Crippen LogP contribution in [0, 0.1) is 11.8 Å². The minimum atomic E-state index is 0. The third-order valence-corrected chi connectivity index (χ3v) is 0.720. The van der Waals surface area contributed by atoms with E-state index in [1.165, 1.54) is 0 Å². The molecule has 1 aromatic heterocycles. The first-order chi connectivity index (χ1) is 3.29. The van der Waals surface area contributed by atoms with Crippen LogP contribution in [0.15, 0.2) is 4.42 Å². The number of aryl methyl sites for hydroxylation is 1. The fourth-order valence-corrected chi connectivity index (χ4v) is 0.470. The summed E-state index contributed by atoms with van der Waals surface area (Å²) in [6.07, 6.45) is 0. The minimum Gasteiger partial charge on any atom is -1.00 e. The van der Waals surface area contributed by atoms with Crippen molar-refractivity contribution in [3.05, 3.63) is 10.7 Å². The molecule has 0 fully saturated rings. The zero-order valence-electron chi connectivity index (χ0n) is 5.76. The predicted octanol–water partition coefficient (Wildman–Crippen LogP) is -1.84. The molecule has 0 aliphatic carbocycles. The van der Waals surface area contributed by atoms with Gasteiger partial charge in [-0.3, -0.25) is 0 Å². The number of aromatic nitrogens is 2. The summed E-state index contributed by atoms with van der Waals surface area (Å²) in [5, 5.41) is 6.09. The van der Waals surface area contributed by atoms with Crippen molar-refractivity contribution in [3.63, 3.8) is 0 Å². The minimum absolute atomic E-state index is 0. The third-order valence-electron chi connectivity index (χ3n) is 0.545. The predicted molar refractivity (Wildman–Crippen MR) is 27.5 cm³/mol. The zero-order valence-corrected chi connectivity index (χ0v) is 8.70. The Morgan fingerprint density at radius 1 is 1.88 bits per heavy atom. The molecule has 0 saturated heterocycles. The maximum atomic E-state index is 4.73. The summed E-state index contributed by atoms with van der Waals surface area (Å²) in [5.41, 5.74) is 0. The second kappa shape index (κ2) is 3.92. The van der Waals surface area contributed by atoms with Crippen molar-refractivity contribution in [1.82, 2.24) is 10.2 Å². The summed E-state index contributed by atoms with van der Waals surface area (Å²) in [5.74, 6) is 0.574. The Kier molecular flexibility index (Phi) is 4.40. The van der Waals surface area contributed by atoms with Gasteiger partial charge in [-0.1, -0.05) is 0 Å². The Labute approximate surface area is 95.8 Å². The van der Waals surface area contributed by atoms with Gasteiger partial charge in [0.25, 0.3) is 4.84 Å². The van der Waals surface area contributed by atoms with Gasteiger partial charge in [-0.05, 0) is 12.2 Å². The van der Waals surface area contributed by atoms with Gasteiger partial charge >= 0.3 is 51.4 Å². The average Bonchev–Trinajstić information content (AvgIpc) is 1.87. The van der Waals surface area contributed by atoms with E-state index in [4.69, 9.17) is 4.42 Å². The van der Waals surface area contributed by atoms with Gasteiger partial charge in [-0.15, -0.1) is 5.10 Å². The molecule has 0 aliphatic heterocycles. The maximum absolute atomic E-state index is 4.73. The maximum Gasteiger partial charge on any atom is 1.00 e. The van der Waals surface area contributed by atoms with Gasteiger partial charge in [0.15, 0.2) is 0 Å². The Morgan fingerprint density at radius 2 is 2.50 bits per heavy atom. The van der Waals surface area contributed by atoms with Gasteiger partial charge in [0.1, 0.15) is 0 Å². The van der Waals surface area contributed by atoms with Crippen molar-refractivity contribution in [2.75, 3.05) is 0 Å². The summed E-state index contributed by atoms with van der Waals surface area (Å²) in [6, 6.07) is 0. The van der Waals surface area contributed by atoms with Crippen LogP contribution in [0.1, 0.15) is 7.32 Å². The molecule has 0 aliphatic rings. The third kappa shape index (κ3) is 2.52. The number of nitrogens with one attached hydrogen (secondary N) is 1. The largest absolute Gasteiger partial charge is 1.00 e. The fraction of sp³-hybridized carbons (Fsp3) is 0.333. The molecular weight excluding hydrogens is 151 g/mol. The summed E-state index contributed by atoms with van der Waals surface area (Å²) >= 11 is 4.55. The van der Waals surface area contributed by atoms with Gasteiger partial charge < -0.3 is 5.84 Å². The molecule has 0 atom stereocenters. The first-order valence-electron chi connectivity index (χ1n) is 1.81. The summed E-state index contributed by atoms with van der Waals surface area (Å²) < 4.78 is 4.73. The van der Waals surface area contributed by atoms with Crippen LogP contribution in [0.5, 0.6) is 0 Å². The van der Waals surface area contributed by atoms with Crippen molar-refractivity contribution in [2.24, 2.45) is 0 Å². The van der Waals surface area contributed by atoms with Crippen LogP contribution in [0.4, 0.5) is 0 Å². The van der Waals surface area contributed by atoms with Crippen LogP contribution in [0.2, 0.25) is 0 Å². The Bertz CT molecular complexity index is 210. The van der Waals surface area contributed by atoms with E-state index in [1.807, 2.05) is 0 Å². The summed E-state index contributed by atoms with van der Waals surface area (Å²) in [7, 11) is 0. The standard InChI is InChI=1S/C3H4N2OS.K.H/c1-2-4-5-3(7)6-2;;/h1H3,(H,5,7);;/q;+1;-1. The molecule has 0 unspecified atom stereocenters. The van der Waals surface area contributed by atoms with E-state index in [-0.39, 0.29) is 52.8 Å². The molecule has 0 aromatic carbocycles. The smallest absolute Gasteiger partial charge is 1.00 e. The monoisotopic (exact) mass is 156 g/mol. The van der Waals surface area contributed by atoms with Crippen LogP contribution in [-0.4, -0.2) is 10.2 Å². The number of H-pyrrole nitrogens is 1.